The number of aromatic nitrogens is 5. The van der Waals surface area contributed by atoms with Crippen LogP contribution in [0.5, 0.6) is 0 Å². The van der Waals surface area contributed by atoms with Crippen molar-refractivity contribution in [2.45, 2.75) is 45.8 Å². The molecule has 25 heavy (non-hydrogen) atoms. The van der Waals surface area contributed by atoms with Gasteiger partial charge in [0.05, 0.1) is 6.54 Å². The van der Waals surface area contributed by atoms with Crippen LogP contribution in [0.4, 0.5) is 0 Å². The maximum absolute atomic E-state index is 12.7. The summed E-state index contributed by atoms with van der Waals surface area (Å²) in [6.07, 6.45) is 7.93. The molecule has 0 aromatic carbocycles. The van der Waals surface area contributed by atoms with E-state index in [1.165, 1.54) is 6.33 Å². The van der Waals surface area contributed by atoms with Gasteiger partial charge in [0, 0.05) is 44.6 Å². The topological polar surface area (TPSA) is 72.1 Å². The maximum Gasteiger partial charge on any atom is 0.247 e. The van der Waals surface area contributed by atoms with E-state index in [9.17, 15) is 4.79 Å². The van der Waals surface area contributed by atoms with Crippen LogP contribution in [0.2, 0.25) is 0 Å². The Morgan fingerprint density at radius 3 is 2.76 bits per heavy atom. The molecule has 0 bridgehead atoms. The molecule has 0 aliphatic carbocycles. The number of hydrogen-bond acceptors (Lipinski definition) is 5. The van der Waals surface area contributed by atoms with Crippen molar-refractivity contribution in [3.05, 3.63) is 30.9 Å². The SMILES string of the molecule is CC(C)n1ccnc1CN1CCCN(C(=O)[C@H](C)n2cncn2)CC1. The molecule has 3 rings (SSSR count). The molecule has 0 saturated carbocycles. The first kappa shape index (κ1) is 17.6. The minimum absolute atomic E-state index is 0.107. The van der Waals surface area contributed by atoms with Crippen molar-refractivity contribution in [1.82, 2.24) is 34.1 Å². The summed E-state index contributed by atoms with van der Waals surface area (Å²) >= 11 is 0. The average molecular weight is 345 g/mol. The number of carbonyl (C=O) groups excluding carboxylic acids is 1. The van der Waals surface area contributed by atoms with Gasteiger partial charge in [-0.05, 0) is 27.2 Å². The molecule has 8 heteroatoms. The van der Waals surface area contributed by atoms with Crippen LogP contribution in [0.3, 0.4) is 0 Å². The van der Waals surface area contributed by atoms with Crippen LogP contribution >= 0.6 is 0 Å². The largest absolute Gasteiger partial charge is 0.340 e. The molecule has 0 N–H and O–H groups in total. The molecule has 3 heterocycles. The number of rotatable bonds is 5. The Bertz CT molecular complexity index is 679. The molecule has 0 radical (unpaired) electrons. The normalized spacial score (nSPS) is 17.7. The fourth-order valence-electron chi connectivity index (χ4n) is 3.28. The molecule has 1 aliphatic rings. The average Bonchev–Trinajstić information content (AvgIpc) is 3.23. The van der Waals surface area contributed by atoms with Crippen molar-refractivity contribution in [3.8, 4) is 0 Å². The van der Waals surface area contributed by atoms with Gasteiger partial charge in [0.1, 0.15) is 24.5 Å². The standard InChI is InChI=1S/C17H27N7O/c1-14(2)23-8-5-19-16(23)11-21-6-4-7-22(10-9-21)17(25)15(3)24-13-18-12-20-24/h5,8,12-15H,4,6-7,9-11H2,1-3H3/t15-/m0/s1. The Balaban J connectivity index is 1.58. The van der Waals surface area contributed by atoms with E-state index >= 15 is 0 Å². The summed E-state index contributed by atoms with van der Waals surface area (Å²) in [5.41, 5.74) is 0. The molecule has 2 aromatic heterocycles. The molecule has 0 spiro atoms. The van der Waals surface area contributed by atoms with E-state index in [4.69, 9.17) is 0 Å². The molecule has 1 fully saturated rings. The summed E-state index contributed by atoms with van der Waals surface area (Å²) in [6.45, 7) is 10.4. The van der Waals surface area contributed by atoms with Crippen LogP contribution in [0, 0.1) is 0 Å². The Labute approximate surface area is 148 Å². The quantitative estimate of drug-likeness (QED) is 0.818. The lowest BCUT2D eigenvalue weighted by atomic mass is 10.2. The van der Waals surface area contributed by atoms with Gasteiger partial charge in [0.15, 0.2) is 0 Å². The third-order valence-corrected chi connectivity index (χ3v) is 4.76. The Hall–Kier alpha value is -2.22. The number of carbonyl (C=O) groups is 1. The molecule has 1 aliphatic heterocycles. The molecule has 1 atom stereocenters. The second-order valence-electron chi connectivity index (χ2n) is 6.85. The van der Waals surface area contributed by atoms with Gasteiger partial charge in [0.2, 0.25) is 5.91 Å². The fraction of sp³-hybridized carbons (Fsp3) is 0.647. The van der Waals surface area contributed by atoms with Crippen LogP contribution in [0.1, 0.15) is 45.1 Å². The molecular formula is C17H27N7O. The lowest BCUT2D eigenvalue weighted by molar-refractivity contribution is -0.134. The monoisotopic (exact) mass is 345 g/mol. The molecule has 1 amide bonds. The highest BCUT2D eigenvalue weighted by molar-refractivity contribution is 5.80. The van der Waals surface area contributed by atoms with Crippen molar-refractivity contribution in [3.63, 3.8) is 0 Å². The highest BCUT2D eigenvalue weighted by Gasteiger charge is 2.25. The molecular weight excluding hydrogens is 318 g/mol. The van der Waals surface area contributed by atoms with Crippen molar-refractivity contribution < 1.29 is 4.79 Å². The number of imidazole rings is 1. The number of nitrogens with zero attached hydrogens (tertiary/aromatic N) is 7. The van der Waals surface area contributed by atoms with E-state index in [2.05, 4.69) is 38.4 Å². The van der Waals surface area contributed by atoms with Crippen LogP contribution in [-0.4, -0.2) is 66.2 Å². The van der Waals surface area contributed by atoms with Crippen LogP contribution < -0.4 is 0 Å². The van der Waals surface area contributed by atoms with Crippen molar-refractivity contribution in [1.29, 1.82) is 0 Å². The lowest BCUT2D eigenvalue weighted by Crippen LogP contribution is -2.39. The predicted octanol–water partition coefficient (Wildman–Crippen LogP) is 1.35. The van der Waals surface area contributed by atoms with Crippen LogP contribution in [0.15, 0.2) is 25.0 Å². The van der Waals surface area contributed by atoms with E-state index in [0.717, 1.165) is 45.0 Å². The van der Waals surface area contributed by atoms with Gasteiger partial charge in [-0.25, -0.2) is 14.6 Å². The minimum Gasteiger partial charge on any atom is -0.340 e. The van der Waals surface area contributed by atoms with Gasteiger partial charge >= 0.3 is 0 Å². The second-order valence-corrected chi connectivity index (χ2v) is 6.85. The first-order valence-corrected chi connectivity index (χ1v) is 8.93. The van der Waals surface area contributed by atoms with Crippen LogP contribution in [-0.2, 0) is 11.3 Å². The Kier molecular flexibility index (Phi) is 5.47. The van der Waals surface area contributed by atoms with Gasteiger partial charge in [-0.15, -0.1) is 0 Å². The molecule has 0 unspecified atom stereocenters. The summed E-state index contributed by atoms with van der Waals surface area (Å²) in [6, 6.07) is 0.0972. The highest BCUT2D eigenvalue weighted by atomic mass is 16.2. The molecule has 136 valence electrons. The fourth-order valence-corrected chi connectivity index (χ4v) is 3.28. The van der Waals surface area contributed by atoms with Gasteiger partial charge in [0.25, 0.3) is 0 Å². The van der Waals surface area contributed by atoms with E-state index in [-0.39, 0.29) is 11.9 Å². The van der Waals surface area contributed by atoms with E-state index < -0.39 is 0 Å². The minimum atomic E-state index is -0.311. The molecule has 2 aromatic rings. The van der Waals surface area contributed by atoms with Crippen molar-refractivity contribution in [2.24, 2.45) is 0 Å². The summed E-state index contributed by atoms with van der Waals surface area (Å²) in [5.74, 6) is 1.20. The first-order chi connectivity index (χ1) is 12.1. The van der Waals surface area contributed by atoms with Gasteiger partial charge in [-0.2, -0.15) is 5.10 Å². The third-order valence-electron chi connectivity index (χ3n) is 4.76. The zero-order valence-electron chi connectivity index (χ0n) is 15.2. The second kappa shape index (κ2) is 7.77. The third kappa shape index (κ3) is 4.07. The zero-order chi connectivity index (χ0) is 17.8. The molecule has 8 nitrogen and oxygen atoms in total. The summed E-state index contributed by atoms with van der Waals surface area (Å²) in [4.78, 5) is 25.5. The smallest absolute Gasteiger partial charge is 0.247 e. The highest BCUT2D eigenvalue weighted by Crippen LogP contribution is 2.14. The van der Waals surface area contributed by atoms with Crippen molar-refractivity contribution >= 4 is 5.91 Å². The summed E-state index contributed by atoms with van der Waals surface area (Å²) < 4.78 is 3.82. The maximum atomic E-state index is 12.7. The predicted molar refractivity (Wildman–Crippen MR) is 93.8 cm³/mol. The van der Waals surface area contributed by atoms with E-state index in [0.29, 0.717) is 6.04 Å². The zero-order valence-corrected chi connectivity index (χ0v) is 15.2. The lowest BCUT2D eigenvalue weighted by Gasteiger charge is -2.25. The van der Waals surface area contributed by atoms with E-state index in [1.807, 2.05) is 24.2 Å². The number of hydrogen-bond donors (Lipinski definition) is 0. The Morgan fingerprint density at radius 2 is 2.04 bits per heavy atom. The van der Waals surface area contributed by atoms with E-state index in [1.54, 1.807) is 11.0 Å². The summed E-state index contributed by atoms with van der Waals surface area (Å²) in [5, 5.41) is 4.08. The van der Waals surface area contributed by atoms with Gasteiger partial charge in [-0.1, -0.05) is 0 Å². The van der Waals surface area contributed by atoms with Gasteiger partial charge in [-0.3, -0.25) is 9.69 Å². The van der Waals surface area contributed by atoms with Crippen molar-refractivity contribution in [2.75, 3.05) is 26.2 Å². The molecule has 1 saturated heterocycles. The first-order valence-electron chi connectivity index (χ1n) is 8.93. The summed E-state index contributed by atoms with van der Waals surface area (Å²) in [7, 11) is 0. The Morgan fingerprint density at radius 1 is 1.20 bits per heavy atom. The van der Waals surface area contributed by atoms with Crippen LogP contribution in [0.25, 0.3) is 0 Å². The number of amides is 1. The van der Waals surface area contributed by atoms with Gasteiger partial charge < -0.3 is 9.47 Å².